The molecule has 5 atom stereocenters. The number of aliphatic hydroxyl groups is 2. The van der Waals surface area contributed by atoms with Gasteiger partial charge < -0.3 is 14.9 Å². The lowest BCUT2D eigenvalue weighted by Crippen LogP contribution is -2.21. The van der Waals surface area contributed by atoms with Crippen molar-refractivity contribution in [2.24, 2.45) is 11.8 Å². The van der Waals surface area contributed by atoms with E-state index in [-0.39, 0.29) is 18.1 Å². The van der Waals surface area contributed by atoms with Crippen molar-refractivity contribution in [2.75, 3.05) is 6.61 Å². The normalized spacial score (nSPS) is 44.5. The first-order valence-corrected chi connectivity index (χ1v) is 7.48. The summed E-state index contributed by atoms with van der Waals surface area (Å²) in [6.45, 7) is 2.66. The maximum absolute atomic E-state index is 10.2. The number of aliphatic hydroxyl groups excluding tert-OH is 2. The molecule has 0 spiro atoms. The summed E-state index contributed by atoms with van der Waals surface area (Å²) < 4.78 is 5.66. The molecule has 1 saturated carbocycles. The molecule has 3 nitrogen and oxygen atoms in total. The molecule has 0 saturated heterocycles. The summed E-state index contributed by atoms with van der Waals surface area (Å²) >= 11 is 0. The van der Waals surface area contributed by atoms with E-state index < -0.39 is 6.10 Å². The lowest BCUT2D eigenvalue weighted by atomic mass is 9.90. The van der Waals surface area contributed by atoms with Crippen LogP contribution in [0.5, 0.6) is 0 Å². The van der Waals surface area contributed by atoms with Gasteiger partial charge in [0.1, 0.15) is 0 Å². The van der Waals surface area contributed by atoms with Crippen LogP contribution in [0.4, 0.5) is 0 Å². The first-order valence-electron chi connectivity index (χ1n) is 7.48. The van der Waals surface area contributed by atoms with Gasteiger partial charge in [0, 0.05) is 0 Å². The highest BCUT2D eigenvalue weighted by atomic mass is 16.5. The average Bonchev–Trinajstić information content (AvgIpc) is 2.74. The van der Waals surface area contributed by atoms with Crippen molar-refractivity contribution in [3.8, 4) is 0 Å². The van der Waals surface area contributed by atoms with Crippen LogP contribution in [0, 0.1) is 11.8 Å². The smallest absolute Gasteiger partial charge is 0.0756 e. The van der Waals surface area contributed by atoms with Gasteiger partial charge in [-0.2, -0.15) is 0 Å². The van der Waals surface area contributed by atoms with E-state index in [0.717, 1.165) is 25.7 Å². The zero-order valence-electron chi connectivity index (χ0n) is 11.7. The Morgan fingerprint density at radius 1 is 1.11 bits per heavy atom. The molecule has 2 aliphatic rings. The lowest BCUT2D eigenvalue weighted by molar-refractivity contribution is 0.0790. The van der Waals surface area contributed by atoms with Gasteiger partial charge in [0.15, 0.2) is 0 Å². The van der Waals surface area contributed by atoms with Gasteiger partial charge in [-0.25, -0.2) is 0 Å². The van der Waals surface area contributed by atoms with E-state index in [1.54, 1.807) is 0 Å². The summed E-state index contributed by atoms with van der Waals surface area (Å²) in [6.07, 6.45) is 12.4. The van der Waals surface area contributed by atoms with Crippen LogP contribution in [0.25, 0.3) is 0 Å². The first-order chi connectivity index (χ1) is 9.16. The second-order valence-electron chi connectivity index (χ2n) is 5.87. The number of allylic oxidation sites excluding steroid dienone is 2. The lowest BCUT2D eigenvalue weighted by Gasteiger charge is -2.19. The SMILES string of the molecule is C[C@H]1CCC/C=C/[C@@H]2C[C@H](O)C[C@H]2[C@H](O)/C=C/CO1. The Bertz CT molecular complexity index is 324. The molecule has 19 heavy (non-hydrogen) atoms. The highest BCUT2D eigenvalue weighted by molar-refractivity contribution is 5.04. The zero-order chi connectivity index (χ0) is 13.7. The molecular weight excluding hydrogens is 240 g/mol. The van der Waals surface area contributed by atoms with E-state index >= 15 is 0 Å². The Balaban J connectivity index is 2.03. The molecular formula is C16H26O3. The Hall–Kier alpha value is -0.640. The van der Waals surface area contributed by atoms with Gasteiger partial charge in [-0.15, -0.1) is 0 Å². The Morgan fingerprint density at radius 2 is 1.95 bits per heavy atom. The average molecular weight is 266 g/mol. The van der Waals surface area contributed by atoms with Crippen molar-refractivity contribution in [3.63, 3.8) is 0 Å². The summed E-state index contributed by atoms with van der Waals surface area (Å²) in [6, 6.07) is 0. The van der Waals surface area contributed by atoms with Crippen molar-refractivity contribution in [3.05, 3.63) is 24.3 Å². The topological polar surface area (TPSA) is 49.7 Å². The standard InChI is InChI=1S/C16H26O3/c1-12-6-3-2-4-7-13-10-14(17)11-15(13)16(18)8-5-9-19-12/h4-5,7-8,12-18H,2-3,6,9-11H2,1H3/b7-4+,8-5+/t12-,13+,14-,15+,16+/m0/s1. The van der Waals surface area contributed by atoms with Crippen LogP contribution in [-0.2, 0) is 4.74 Å². The van der Waals surface area contributed by atoms with Crippen LogP contribution < -0.4 is 0 Å². The zero-order valence-corrected chi connectivity index (χ0v) is 11.7. The van der Waals surface area contributed by atoms with Crippen molar-refractivity contribution < 1.29 is 14.9 Å². The fraction of sp³-hybridized carbons (Fsp3) is 0.750. The largest absolute Gasteiger partial charge is 0.393 e. The van der Waals surface area contributed by atoms with Gasteiger partial charge >= 0.3 is 0 Å². The summed E-state index contributed by atoms with van der Waals surface area (Å²) in [4.78, 5) is 0. The number of hydrogen-bond donors (Lipinski definition) is 2. The van der Waals surface area contributed by atoms with Crippen molar-refractivity contribution in [1.82, 2.24) is 0 Å². The van der Waals surface area contributed by atoms with Gasteiger partial charge in [0.2, 0.25) is 0 Å². The molecule has 0 aromatic rings. The summed E-state index contributed by atoms with van der Waals surface area (Å²) in [5, 5.41) is 20.0. The Labute approximate surface area is 116 Å². The van der Waals surface area contributed by atoms with E-state index in [2.05, 4.69) is 19.1 Å². The van der Waals surface area contributed by atoms with Gasteiger partial charge in [0.25, 0.3) is 0 Å². The minimum atomic E-state index is -0.480. The molecule has 1 fully saturated rings. The van der Waals surface area contributed by atoms with E-state index in [1.165, 1.54) is 0 Å². The predicted molar refractivity (Wildman–Crippen MR) is 75.8 cm³/mol. The van der Waals surface area contributed by atoms with Gasteiger partial charge in [-0.1, -0.05) is 24.3 Å². The van der Waals surface area contributed by atoms with E-state index in [1.807, 2.05) is 12.2 Å². The fourth-order valence-corrected chi connectivity index (χ4v) is 3.12. The van der Waals surface area contributed by atoms with Crippen LogP contribution in [0.1, 0.15) is 39.0 Å². The van der Waals surface area contributed by atoms with Crippen LogP contribution in [0.2, 0.25) is 0 Å². The number of ether oxygens (including phenoxy) is 1. The van der Waals surface area contributed by atoms with Gasteiger partial charge in [-0.05, 0) is 50.9 Å². The minimum absolute atomic E-state index is 0.140. The predicted octanol–water partition coefficient (Wildman–Crippen LogP) is 2.44. The molecule has 0 bridgehead atoms. The van der Waals surface area contributed by atoms with Crippen LogP contribution in [0.15, 0.2) is 24.3 Å². The van der Waals surface area contributed by atoms with Crippen LogP contribution >= 0.6 is 0 Å². The molecule has 0 aromatic heterocycles. The second kappa shape index (κ2) is 7.22. The molecule has 0 radical (unpaired) electrons. The van der Waals surface area contributed by atoms with Crippen LogP contribution in [-0.4, -0.2) is 35.1 Å². The molecule has 2 rings (SSSR count). The highest BCUT2D eigenvalue weighted by Crippen LogP contribution is 2.36. The van der Waals surface area contributed by atoms with E-state index in [0.29, 0.717) is 18.9 Å². The molecule has 3 heteroatoms. The molecule has 1 aliphatic carbocycles. The third-order valence-corrected chi connectivity index (χ3v) is 4.25. The molecule has 0 amide bonds. The first kappa shape index (κ1) is 14.8. The molecule has 0 aromatic carbocycles. The van der Waals surface area contributed by atoms with Gasteiger partial charge in [0.05, 0.1) is 24.9 Å². The molecule has 108 valence electrons. The van der Waals surface area contributed by atoms with Crippen molar-refractivity contribution >= 4 is 0 Å². The third-order valence-electron chi connectivity index (χ3n) is 4.25. The molecule has 1 heterocycles. The number of hydrogen-bond acceptors (Lipinski definition) is 3. The monoisotopic (exact) mass is 266 g/mol. The highest BCUT2D eigenvalue weighted by Gasteiger charge is 2.35. The Morgan fingerprint density at radius 3 is 2.79 bits per heavy atom. The molecule has 2 N–H and O–H groups in total. The Kier molecular flexibility index (Phi) is 5.61. The fourth-order valence-electron chi connectivity index (χ4n) is 3.12. The molecule has 0 unspecified atom stereocenters. The summed E-state index contributed by atoms with van der Waals surface area (Å²) in [5.41, 5.74) is 0. The maximum atomic E-state index is 10.2. The summed E-state index contributed by atoms with van der Waals surface area (Å²) in [7, 11) is 0. The molecule has 1 aliphatic heterocycles. The summed E-state index contributed by atoms with van der Waals surface area (Å²) in [5.74, 6) is 0.439. The minimum Gasteiger partial charge on any atom is -0.393 e. The second-order valence-corrected chi connectivity index (χ2v) is 5.87. The van der Waals surface area contributed by atoms with E-state index in [9.17, 15) is 10.2 Å². The third kappa shape index (κ3) is 4.44. The van der Waals surface area contributed by atoms with Gasteiger partial charge in [-0.3, -0.25) is 0 Å². The van der Waals surface area contributed by atoms with E-state index in [4.69, 9.17) is 4.74 Å². The maximum Gasteiger partial charge on any atom is 0.0756 e. The quantitative estimate of drug-likeness (QED) is 0.662. The number of fused-ring (bicyclic) bond motifs is 1. The van der Waals surface area contributed by atoms with Crippen LogP contribution in [0.3, 0.4) is 0 Å². The number of rotatable bonds is 0. The van der Waals surface area contributed by atoms with Crippen molar-refractivity contribution in [1.29, 1.82) is 0 Å². The van der Waals surface area contributed by atoms with Crippen molar-refractivity contribution in [2.45, 2.75) is 57.3 Å².